The number of carbonyl (C=O) groups excluding carboxylic acids is 2. The summed E-state index contributed by atoms with van der Waals surface area (Å²) in [5.41, 5.74) is 4.57. The number of carboxylic acid groups (broad SMARTS) is 1. The fourth-order valence-electron chi connectivity index (χ4n) is 5.43. The number of alkyl carbamates (subject to hydrolysis) is 1. The molecule has 0 radical (unpaired) electrons. The van der Waals surface area contributed by atoms with E-state index < -0.39 is 29.9 Å². The van der Waals surface area contributed by atoms with Gasteiger partial charge in [0.1, 0.15) is 6.61 Å². The molecule has 178 valence electrons. The molecule has 3 aliphatic rings. The highest BCUT2D eigenvalue weighted by Crippen LogP contribution is 2.44. The molecule has 2 heterocycles. The van der Waals surface area contributed by atoms with Gasteiger partial charge in [-0.2, -0.15) is 0 Å². The Bertz CT molecular complexity index is 1070. The van der Waals surface area contributed by atoms with Crippen LogP contribution in [0.4, 0.5) is 4.79 Å². The predicted molar refractivity (Wildman–Crippen MR) is 123 cm³/mol. The van der Waals surface area contributed by atoms with E-state index in [1.54, 1.807) is 4.90 Å². The number of fused-ring (bicyclic) bond motifs is 3. The maximum atomic E-state index is 13.1. The third kappa shape index (κ3) is 4.03. The van der Waals surface area contributed by atoms with Crippen molar-refractivity contribution in [3.63, 3.8) is 0 Å². The van der Waals surface area contributed by atoms with Crippen molar-refractivity contribution < 1.29 is 29.0 Å². The van der Waals surface area contributed by atoms with Gasteiger partial charge in [0.2, 0.25) is 5.91 Å². The molecule has 2 amide bonds. The second-order valence-electron chi connectivity index (χ2n) is 9.39. The first-order valence-electron chi connectivity index (χ1n) is 11.6. The van der Waals surface area contributed by atoms with Crippen LogP contribution in [-0.2, 0) is 19.1 Å². The van der Waals surface area contributed by atoms with E-state index >= 15 is 0 Å². The van der Waals surface area contributed by atoms with Gasteiger partial charge in [0.05, 0.1) is 31.1 Å². The number of carbonyl (C=O) groups is 3. The van der Waals surface area contributed by atoms with Crippen LogP contribution in [0.3, 0.4) is 0 Å². The first kappa shape index (κ1) is 22.4. The quantitative estimate of drug-likeness (QED) is 0.705. The molecule has 4 atom stereocenters. The van der Waals surface area contributed by atoms with Crippen LogP contribution in [0.25, 0.3) is 11.1 Å². The SMILES string of the molecule is CC1CN(C(=O)C2COCC2NC(=O)OCC2c3ccccc3-c3ccccc32)CC1C(=O)O. The fraction of sp³-hybridized carbons (Fsp3) is 0.423. The number of nitrogens with one attached hydrogen (secondary N) is 1. The van der Waals surface area contributed by atoms with Gasteiger partial charge in [-0.1, -0.05) is 55.5 Å². The molecule has 2 aliphatic heterocycles. The lowest BCUT2D eigenvalue weighted by molar-refractivity contribution is -0.142. The number of rotatable bonds is 5. The van der Waals surface area contributed by atoms with Gasteiger partial charge < -0.3 is 24.8 Å². The minimum absolute atomic E-state index is 0.0468. The summed E-state index contributed by atoms with van der Waals surface area (Å²) >= 11 is 0. The molecular formula is C26H28N2O6. The predicted octanol–water partition coefficient (Wildman–Crippen LogP) is 2.72. The molecule has 2 fully saturated rings. The molecule has 34 heavy (non-hydrogen) atoms. The molecule has 5 rings (SSSR count). The zero-order valence-electron chi connectivity index (χ0n) is 19.0. The lowest BCUT2D eigenvalue weighted by Gasteiger charge is -2.24. The number of nitrogens with zero attached hydrogens (tertiary/aromatic N) is 1. The molecule has 4 unspecified atom stereocenters. The first-order valence-corrected chi connectivity index (χ1v) is 11.6. The Kier molecular flexibility index (Phi) is 6.00. The van der Waals surface area contributed by atoms with E-state index in [4.69, 9.17) is 9.47 Å². The van der Waals surface area contributed by atoms with Crippen molar-refractivity contribution in [2.45, 2.75) is 18.9 Å². The Morgan fingerprint density at radius 1 is 1.00 bits per heavy atom. The number of ether oxygens (including phenoxy) is 2. The van der Waals surface area contributed by atoms with Crippen molar-refractivity contribution in [3.05, 3.63) is 59.7 Å². The average molecular weight is 465 g/mol. The largest absolute Gasteiger partial charge is 0.481 e. The molecule has 0 saturated carbocycles. The van der Waals surface area contributed by atoms with Gasteiger partial charge in [-0.3, -0.25) is 9.59 Å². The number of hydrogen-bond acceptors (Lipinski definition) is 5. The Labute approximate surface area is 197 Å². The Balaban J connectivity index is 1.21. The zero-order chi connectivity index (χ0) is 23.8. The van der Waals surface area contributed by atoms with E-state index in [2.05, 4.69) is 29.6 Å². The van der Waals surface area contributed by atoms with Crippen molar-refractivity contribution >= 4 is 18.0 Å². The molecule has 8 heteroatoms. The van der Waals surface area contributed by atoms with Crippen molar-refractivity contribution in [1.29, 1.82) is 0 Å². The van der Waals surface area contributed by atoms with Gasteiger partial charge in [0.15, 0.2) is 0 Å². The van der Waals surface area contributed by atoms with E-state index in [1.165, 1.54) is 0 Å². The third-order valence-corrected chi connectivity index (χ3v) is 7.29. The normalized spacial score (nSPS) is 25.6. The van der Waals surface area contributed by atoms with Crippen LogP contribution in [0.15, 0.2) is 48.5 Å². The van der Waals surface area contributed by atoms with Gasteiger partial charge in [-0.05, 0) is 28.2 Å². The van der Waals surface area contributed by atoms with Crippen LogP contribution in [0.1, 0.15) is 24.0 Å². The number of hydrogen-bond donors (Lipinski definition) is 2. The summed E-state index contributed by atoms with van der Waals surface area (Å²) in [6, 6.07) is 15.7. The van der Waals surface area contributed by atoms with Crippen LogP contribution in [0.2, 0.25) is 0 Å². The monoisotopic (exact) mass is 464 g/mol. The van der Waals surface area contributed by atoms with Crippen LogP contribution >= 0.6 is 0 Å². The summed E-state index contributed by atoms with van der Waals surface area (Å²) in [6.07, 6.45) is -0.589. The maximum absolute atomic E-state index is 13.1. The number of likely N-dealkylation sites (tertiary alicyclic amines) is 1. The van der Waals surface area contributed by atoms with Crippen molar-refractivity contribution in [2.75, 3.05) is 32.9 Å². The van der Waals surface area contributed by atoms with Gasteiger partial charge in [0, 0.05) is 19.0 Å². The molecule has 2 aromatic rings. The standard InChI is InChI=1S/C26H28N2O6/c1-15-10-28(11-20(15)25(30)31)24(29)22-12-33-14-23(22)27-26(32)34-13-21-18-8-4-2-6-16(18)17-7-3-5-9-19(17)21/h2-9,15,20-23H,10-14H2,1H3,(H,27,32)(H,30,31). The number of amides is 2. The summed E-state index contributed by atoms with van der Waals surface area (Å²) in [5.74, 6) is -2.36. The lowest BCUT2D eigenvalue weighted by atomic mass is 9.98. The molecule has 2 aromatic carbocycles. The van der Waals surface area contributed by atoms with Crippen LogP contribution < -0.4 is 5.32 Å². The average Bonchev–Trinajstić information content (AvgIpc) is 3.53. The fourth-order valence-corrected chi connectivity index (χ4v) is 5.43. The summed E-state index contributed by atoms with van der Waals surface area (Å²) in [7, 11) is 0. The van der Waals surface area contributed by atoms with E-state index in [-0.39, 0.29) is 44.1 Å². The molecule has 1 aliphatic carbocycles. The summed E-state index contributed by atoms with van der Waals surface area (Å²) in [4.78, 5) is 38.7. The number of benzene rings is 2. The second-order valence-corrected chi connectivity index (χ2v) is 9.39. The van der Waals surface area contributed by atoms with E-state index in [1.807, 2.05) is 31.2 Å². The highest BCUT2D eigenvalue weighted by Gasteiger charge is 2.43. The molecule has 0 aromatic heterocycles. The highest BCUT2D eigenvalue weighted by molar-refractivity contribution is 5.83. The third-order valence-electron chi connectivity index (χ3n) is 7.29. The van der Waals surface area contributed by atoms with Crippen LogP contribution in [0.5, 0.6) is 0 Å². The molecule has 2 saturated heterocycles. The van der Waals surface area contributed by atoms with Gasteiger partial charge in [-0.15, -0.1) is 0 Å². The summed E-state index contributed by atoms with van der Waals surface area (Å²) < 4.78 is 11.1. The van der Waals surface area contributed by atoms with Gasteiger partial charge in [0.25, 0.3) is 0 Å². The molecular weight excluding hydrogens is 436 g/mol. The number of carboxylic acids is 1. The lowest BCUT2D eigenvalue weighted by Crippen LogP contribution is -2.47. The Morgan fingerprint density at radius 3 is 2.26 bits per heavy atom. The van der Waals surface area contributed by atoms with Gasteiger partial charge in [-0.25, -0.2) is 4.79 Å². The van der Waals surface area contributed by atoms with E-state index in [9.17, 15) is 19.5 Å². The topological polar surface area (TPSA) is 105 Å². The Morgan fingerprint density at radius 2 is 1.65 bits per heavy atom. The van der Waals surface area contributed by atoms with Crippen molar-refractivity contribution in [3.8, 4) is 11.1 Å². The summed E-state index contributed by atoms with van der Waals surface area (Å²) in [5, 5.41) is 12.2. The van der Waals surface area contributed by atoms with Crippen LogP contribution in [-0.4, -0.2) is 66.9 Å². The van der Waals surface area contributed by atoms with Crippen LogP contribution in [0, 0.1) is 17.8 Å². The molecule has 8 nitrogen and oxygen atoms in total. The smallest absolute Gasteiger partial charge is 0.407 e. The van der Waals surface area contributed by atoms with E-state index in [0.717, 1.165) is 22.3 Å². The highest BCUT2D eigenvalue weighted by atomic mass is 16.5. The maximum Gasteiger partial charge on any atom is 0.407 e. The number of aliphatic carboxylic acids is 1. The molecule has 0 spiro atoms. The van der Waals surface area contributed by atoms with Gasteiger partial charge >= 0.3 is 12.1 Å². The minimum atomic E-state index is -0.890. The second kappa shape index (κ2) is 9.10. The zero-order valence-corrected chi connectivity index (χ0v) is 19.0. The molecule has 0 bridgehead atoms. The van der Waals surface area contributed by atoms with Crippen molar-refractivity contribution in [1.82, 2.24) is 10.2 Å². The van der Waals surface area contributed by atoms with E-state index in [0.29, 0.717) is 6.54 Å². The summed E-state index contributed by atoms with van der Waals surface area (Å²) in [6.45, 7) is 3.01. The Hall–Kier alpha value is -3.39. The minimum Gasteiger partial charge on any atom is -0.481 e. The van der Waals surface area contributed by atoms with Crippen molar-refractivity contribution in [2.24, 2.45) is 17.8 Å². The molecule has 2 N–H and O–H groups in total. The first-order chi connectivity index (χ1) is 16.4.